The molecule has 1 fully saturated rings. The third-order valence-corrected chi connectivity index (χ3v) is 4.81. The van der Waals surface area contributed by atoms with Crippen molar-refractivity contribution in [3.8, 4) is 0 Å². The first-order valence-electron chi connectivity index (χ1n) is 9.35. The van der Waals surface area contributed by atoms with E-state index >= 15 is 0 Å². The van der Waals surface area contributed by atoms with Gasteiger partial charge in [0.15, 0.2) is 0 Å². The lowest BCUT2D eigenvalue weighted by Crippen LogP contribution is -2.52. The molecule has 2 rings (SSSR count). The van der Waals surface area contributed by atoms with Crippen molar-refractivity contribution in [3.05, 3.63) is 35.6 Å². The zero-order valence-corrected chi connectivity index (χ0v) is 15.2. The van der Waals surface area contributed by atoms with Crippen LogP contribution in [-0.2, 0) is 4.79 Å². The van der Waals surface area contributed by atoms with Crippen molar-refractivity contribution in [1.82, 2.24) is 10.6 Å². The molecule has 0 saturated heterocycles. The Bertz CT molecular complexity index is 581. The molecule has 1 aliphatic carbocycles. The lowest BCUT2D eigenvalue weighted by atomic mass is 9.95. The van der Waals surface area contributed by atoms with E-state index in [9.17, 15) is 14.0 Å². The second-order valence-electron chi connectivity index (χ2n) is 7.23. The van der Waals surface area contributed by atoms with Crippen LogP contribution in [0.25, 0.3) is 0 Å². The molecule has 0 aliphatic heterocycles. The van der Waals surface area contributed by atoms with Gasteiger partial charge in [-0.3, -0.25) is 9.59 Å². The highest BCUT2D eigenvalue weighted by atomic mass is 19.1. The fourth-order valence-corrected chi connectivity index (χ4v) is 3.29. The molecule has 0 heterocycles. The van der Waals surface area contributed by atoms with Gasteiger partial charge in [0.05, 0.1) is 5.56 Å². The molecule has 2 amide bonds. The van der Waals surface area contributed by atoms with E-state index in [-0.39, 0.29) is 23.4 Å². The molecular formula is C20H29FN2O2. The first-order chi connectivity index (χ1) is 12.0. The van der Waals surface area contributed by atoms with E-state index < -0.39 is 17.8 Å². The number of halogens is 1. The van der Waals surface area contributed by atoms with Gasteiger partial charge in [-0.15, -0.1) is 0 Å². The standard InChI is InChI=1S/C20H29FN2O2/c1-14(2)18(23-19(24)16-12-8-9-13-17(16)21)20(25)22-15-10-6-4-3-5-7-11-15/h8-9,12-15,18H,3-7,10-11H2,1-2H3,(H,22,25)(H,23,24)/t18-/m0/s1. The number of rotatable bonds is 5. The van der Waals surface area contributed by atoms with Gasteiger partial charge in [-0.25, -0.2) is 4.39 Å². The van der Waals surface area contributed by atoms with E-state index in [0.29, 0.717) is 0 Å². The topological polar surface area (TPSA) is 58.2 Å². The number of benzene rings is 1. The van der Waals surface area contributed by atoms with Crippen molar-refractivity contribution in [2.45, 2.75) is 70.9 Å². The molecular weight excluding hydrogens is 319 g/mol. The molecule has 0 unspecified atom stereocenters. The van der Waals surface area contributed by atoms with Crippen LogP contribution in [0.15, 0.2) is 24.3 Å². The van der Waals surface area contributed by atoms with E-state index in [1.54, 1.807) is 6.07 Å². The summed E-state index contributed by atoms with van der Waals surface area (Å²) in [6.07, 6.45) is 7.91. The van der Waals surface area contributed by atoms with Crippen molar-refractivity contribution in [2.24, 2.45) is 5.92 Å². The number of carbonyl (C=O) groups excluding carboxylic acids is 2. The average Bonchev–Trinajstić information content (AvgIpc) is 2.54. The van der Waals surface area contributed by atoms with E-state index in [1.807, 2.05) is 13.8 Å². The molecule has 0 bridgehead atoms. The minimum atomic E-state index is -0.669. The largest absolute Gasteiger partial charge is 0.352 e. The zero-order chi connectivity index (χ0) is 18.2. The first-order valence-corrected chi connectivity index (χ1v) is 9.35. The van der Waals surface area contributed by atoms with Gasteiger partial charge in [0.2, 0.25) is 5.91 Å². The lowest BCUT2D eigenvalue weighted by Gasteiger charge is -2.26. The van der Waals surface area contributed by atoms with Crippen LogP contribution in [0.5, 0.6) is 0 Å². The van der Waals surface area contributed by atoms with Gasteiger partial charge in [-0.2, -0.15) is 0 Å². The Balaban J connectivity index is 2.00. The van der Waals surface area contributed by atoms with Gasteiger partial charge in [0, 0.05) is 6.04 Å². The monoisotopic (exact) mass is 348 g/mol. The molecule has 4 nitrogen and oxygen atoms in total. The predicted octanol–water partition coefficient (Wildman–Crippen LogP) is 3.81. The third-order valence-electron chi connectivity index (χ3n) is 4.81. The molecule has 1 aromatic rings. The van der Waals surface area contributed by atoms with E-state index in [4.69, 9.17) is 0 Å². The second kappa shape index (κ2) is 9.54. The van der Waals surface area contributed by atoms with Gasteiger partial charge in [-0.05, 0) is 30.9 Å². The highest BCUT2D eigenvalue weighted by Crippen LogP contribution is 2.17. The lowest BCUT2D eigenvalue weighted by molar-refractivity contribution is -0.124. The van der Waals surface area contributed by atoms with E-state index in [0.717, 1.165) is 25.7 Å². The van der Waals surface area contributed by atoms with Crippen LogP contribution < -0.4 is 10.6 Å². The molecule has 138 valence electrons. The number of nitrogens with one attached hydrogen (secondary N) is 2. The molecule has 1 saturated carbocycles. The fraction of sp³-hybridized carbons (Fsp3) is 0.600. The van der Waals surface area contributed by atoms with Crippen LogP contribution in [0.4, 0.5) is 4.39 Å². The maximum absolute atomic E-state index is 13.8. The van der Waals surface area contributed by atoms with E-state index in [2.05, 4.69) is 10.6 Å². The van der Waals surface area contributed by atoms with Crippen LogP contribution in [-0.4, -0.2) is 23.9 Å². The molecule has 2 N–H and O–H groups in total. The molecule has 5 heteroatoms. The minimum Gasteiger partial charge on any atom is -0.352 e. The van der Waals surface area contributed by atoms with Crippen molar-refractivity contribution < 1.29 is 14.0 Å². The van der Waals surface area contributed by atoms with Crippen LogP contribution in [0, 0.1) is 11.7 Å². The van der Waals surface area contributed by atoms with Crippen LogP contribution in [0.2, 0.25) is 0 Å². The third kappa shape index (κ3) is 5.83. The first kappa shape index (κ1) is 19.4. The Hall–Kier alpha value is -1.91. The minimum absolute atomic E-state index is 0.0353. The highest BCUT2D eigenvalue weighted by molar-refractivity contribution is 5.97. The second-order valence-corrected chi connectivity index (χ2v) is 7.23. The Labute approximate surface area is 149 Å². The molecule has 0 radical (unpaired) electrons. The maximum atomic E-state index is 13.8. The summed E-state index contributed by atoms with van der Waals surface area (Å²) < 4.78 is 13.8. The Morgan fingerprint density at radius 1 is 1.04 bits per heavy atom. The summed E-state index contributed by atoms with van der Waals surface area (Å²) in [5.74, 6) is -1.39. The van der Waals surface area contributed by atoms with Crippen LogP contribution >= 0.6 is 0 Å². The van der Waals surface area contributed by atoms with Crippen LogP contribution in [0.3, 0.4) is 0 Å². The predicted molar refractivity (Wildman–Crippen MR) is 96.7 cm³/mol. The van der Waals surface area contributed by atoms with Crippen molar-refractivity contribution in [1.29, 1.82) is 0 Å². The maximum Gasteiger partial charge on any atom is 0.254 e. The molecule has 1 aliphatic rings. The van der Waals surface area contributed by atoms with E-state index in [1.165, 1.54) is 37.5 Å². The van der Waals surface area contributed by atoms with Gasteiger partial charge < -0.3 is 10.6 Å². The smallest absolute Gasteiger partial charge is 0.254 e. The molecule has 25 heavy (non-hydrogen) atoms. The quantitative estimate of drug-likeness (QED) is 0.850. The zero-order valence-electron chi connectivity index (χ0n) is 15.2. The summed E-state index contributed by atoms with van der Waals surface area (Å²) in [7, 11) is 0. The van der Waals surface area contributed by atoms with Crippen LogP contribution in [0.1, 0.15) is 69.2 Å². The summed E-state index contributed by atoms with van der Waals surface area (Å²) in [6, 6.07) is 5.31. The van der Waals surface area contributed by atoms with Gasteiger partial charge >= 0.3 is 0 Å². The molecule has 0 spiro atoms. The van der Waals surface area contributed by atoms with Gasteiger partial charge in [0.25, 0.3) is 5.91 Å². The Morgan fingerprint density at radius 3 is 2.24 bits per heavy atom. The number of carbonyl (C=O) groups is 2. The summed E-state index contributed by atoms with van der Waals surface area (Å²) >= 11 is 0. The Morgan fingerprint density at radius 2 is 1.64 bits per heavy atom. The SMILES string of the molecule is CC(C)[C@H](NC(=O)c1ccccc1F)C(=O)NC1CCCCCCC1. The van der Waals surface area contributed by atoms with Gasteiger partial charge in [-0.1, -0.05) is 58.1 Å². The molecule has 1 atom stereocenters. The van der Waals surface area contributed by atoms with Crippen molar-refractivity contribution in [2.75, 3.05) is 0 Å². The Kier molecular flexibility index (Phi) is 7.41. The number of hydrogen-bond acceptors (Lipinski definition) is 2. The van der Waals surface area contributed by atoms with Gasteiger partial charge in [0.1, 0.15) is 11.9 Å². The highest BCUT2D eigenvalue weighted by Gasteiger charge is 2.27. The number of amides is 2. The van der Waals surface area contributed by atoms with Crippen molar-refractivity contribution >= 4 is 11.8 Å². The molecule has 0 aromatic heterocycles. The van der Waals surface area contributed by atoms with Crippen molar-refractivity contribution in [3.63, 3.8) is 0 Å². The fourth-order valence-electron chi connectivity index (χ4n) is 3.29. The summed E-state index contributed by atoms with van der Waals surface area (Å²) in [5, 5.41) is 5.79. The average molecular weight is 348 g/mol. The molecule has 1 aromatic carbocycles. The summed E-state index contributed by atoms with van der Waals surface area (Å²) in [5.41, 5.74) is -0.0353. The number of hydrogen-bond donors (Lipinski definition) is 2. The summed E-state index contributed by atoms with van der Waals surface area (Å²) in [6.45, 7) is 3.76. The normalized spacial score (nSPS) is 17.4. The summed E-state index contributed by atoms with van der Waals surface area (Å²) in [4.78, 5) is 25.0.